The van der Waals surface area contributed by atoms with Gasteiger partial charge in [-0.15, -0.1) is 0 Å². The van der Waals surface area contributed by atoms with E-state index in [2.05, 4.69) is 15.3 Å². The highest BCUT2D eigenvalue weighted by atomic mass is 16.5. The second-order valence-electron chi connectivity index (χ2n) is 5.06. The van der Waals surface area contributed by atoms with Gasteiger partial charge in [0, 0.05) is 17.6 Å². The van der Waals surface area contributed by atoms with Gasteiger partial charge in [-0.25, -0.2) is 4.98 Å². The number of aromatic nitrogens is 2. The quantitative estimate of drug-likeness (QED) is 0.778. The van der Waals surface area contributed by atoms with Crippen LogP contribution >= 0.6 is 0 Å². The average Bonchev–Trinajstić information content (AvgIpc) is 2.55. The van der Waals surface area contributed by atoms with Crippen LogP contribution in [0.4, 0.5) is 5.69 Å². The number of carbonyl (C=O) groups excluding carboxylic acids is 1. The molecule has 23 heavy (non-hydrogen) atoms. The van der Waals surface area contributed by atoms with Gasteiger partial charge in [-0.3, -0.25) is 9.59 Å². The third-order valence-electron chi connectivity index (χ3n) is 3.47. The van der Waals surface area contributed by atoms with Crippen LogP contribution in [0.15, 0.2) is 47.4 Å². The number of hydrogen-bond acceptors (Lipinski definition) is 4. The molecule has 2 N–H and O–H groups in total. The minimum atomic E-state index is -0.473. The lowest BCUT2D eigenvalue weighted by molar-refractivity contribution is 0.102. The summed E-state index contributed by atoms with van der Waals surface area (Å²) in [7, 11) is 1.57. The lowest BCUT2D eigenvalue weighted by atomic mass is 10.1. The molecule has 0 unspecified atom stereocenters. The topological polar surface area (TPSA) is 84.1 Å². The van der Waals surface area contributed by atoms with Crippen LogP contribution in [-0.2, 0) is 0 Å². The molecule has 6 nitrogen and oxygen atoms in total. The van der Waals surface area contributed by atoms with E-state index in [0.717, 1.165) is 5.69 Å². The molecule has 0 radical (unpaired) electrons. The molecule has 3 rings (SSSR count). The second kappa shape index (κ2) is 5.92. The summed E-state index contributed by atoms with van der Waals surface area (Å²) in [6, 6.07) is 10.3. The number of methoxy groups -OCH3 is 1. The fourth-order valence-electron chi connectivity index (χ4n) is 2.24. The van der Waals surface area contributed by atoms with Crippen LogP contribution in [0.3, 0.4) is 0 Å². The van der Waals surface area contributed by atoms with E-state index in [9.17, 15) is 9.59 Å². The largest absolute Gasteiger partial charge is 0.497 e. The molecule has 116 valence electrons. The zero-order chi connectivity index (χ0) is 16.4. The molecule has 0 aliphatic carbocycles. The summed E-state index contributed by atoms with van der Waals surface area (Å²) in [5, 5.41) is 3.08. The molecule has 1 aromatic carbocycles. The SMILES string of the molecule is COc1ccc(NC(=O)c2c[nH]c3nc(C)ccc3c2=O)cc1. The van der Waals surface area contributed by atoms with Crippen molar-refractivity contribution in [3.8, 4) is 5.75 Å². The van der Waals surface area contributed by atoms with Crippen LogP contribution in [0.1, 0.15) is 16.1 Å². The van der Waals surface area contributed by atoms with Crippen LogP contribution in [-0.4, -0.2) is 23.0 Å². The Labute approximate surface area is 132 Å². The summed E-state index contributed by atoms with van der Waals surface area (Å²) in [4.78, 5) is 31.9. The third-order valence-corrected chi connectivity index (χ3v) is 3.47. The molecule has 0 atom stereocenters. The molecule has 6 heteroatoms. The van der Waals surface area contributed by atoms with E-state index < -0.39 is 5.91 Å². The third kappa shape index (κ3) is 2.91. The molecule has 0 fully saturated rings. The Kier molecular flexibility index (Phi) is 3.80. The number of amides is 1. The molecular weight excluding hydrogens is 294 g/mol. The Bertz CT molecular complexity index is 930. The van der Waals surface area contributed by atoms with Gasteiger partial charge in [0.15, 0.2) is 0 Å². The Hall–Kier alpha value is -3.15. The first kappa shape index (κ1) is 14.8. The van der Waals surface area contributed by atoms with Gasteiger partial charge in [0.05, 0.1) is 12.5 Å². The van der Waals surface area contributed by atoms with E-state index in [1.165, 1.54) is 6.20 Å². The van der Waals surface area contributed by atoms with Gasteiger partial charge < -0.3 is 15.0 Å². The minimum absolute atomic E-state index is 0.0407. The van der Waals surface area contributed by atoms with Crippen molar-refractivity contribution in [3.63, 3.8) is 0 Å². The summed E-state index contributed by atoms with van der Waals surface area (Å²) in [5.74, 6) is 0.215. The maximum Gasteiger partial charge on any atom is 0.261 e. The van der Waals surface area contributed by atoms with Gasteiger partial charge in [0.2, 0.25) is 5.43 Å². The number of benzene rings is 1. The van der Waals surface area contributed by atoms with E-state index in [1.807, 2.05) is 6.92 Å². The van der Waals surface area contributed by atoms with Crippen molar-refractivity contribution in [2.75, 3.05) is 12.4 Å². The number of aromatic amines is 1. The fraction of sp³-hybridized carbons (Fsp3) is 0.118. The van der Waals surface area contributed by atoms with Gasteiger partial charge in [0.1, 0.15) is 17.0 Å². The van der Waals surface area contributed by atoms with Crippen molar-refractivity contribution < 1.29 is 9.53 Å². The van der Waals surface area contributed by atoms with E-state index >= 15 is 0 Å². The minimum Gasteiger partial charge on any atom is -0.497 e. The molecule has 3 aromatic rings. The van der Waals surface area contributed by atoms with Crippen LogP contribution in [0.25, 0.3) is 11.0 Å². The smallest absolute Gasteiger partial charge is 0.261 e. The zero-order valence-corrected chi connectivity index (χ0v) is 12.7. The summed E-state index contributed by atoms with van der Waals surface area (Å²) in [6.07, 6.45) is 1.38. The number of ether oxygens (including phenoxy) is 1. The van der Waals surface area contributed by atoms with Gasteiger partial charge in [-0.1, -0.05) is 0 Å². The molecule has 2 heterocycles. The normalized spacial score (nSPS) is 10.5. The predicted octanol–water partition coefficient (Wildman–Crippen LogP) is 2.49. The molecule has 2 aromatic heterocycles. The highest BCUT2D eigenvalue weighted by Crippen LogP contribution is 2.15. The van der Waals surface area contributed by atoms with Crippen molar-refractivity contribution in [1.82, 2.24) is 9.97 Å². The van der Waals surface area contributed by atoms with Gasteiger partial charge in [-0.2, -0.15) is 0 Å². The number of nitrogens with zero attached hydrogens (tertiary/aromatic N) is 1. The Morgan fingerprint density at radius 3 is 2.61 bits per heavy atom. The first-order valence-electron chi connectivity index (χ1n) is 7.03. The van der Waals surface area contributed by atoms with Crippen LogP contribution in [0, 0.1) is 6.92 Å². The number of carbonyl (C=O) groups is 1. The number of fused-ring (bicyclic) bond motifs is 1. The maximum absolute atomic E-state index is 12.4. The molecule has 1 amide bonds. The van der Waals surface area contributed by atoms with Crippen molar-refractivity contribution >= 4 is 22.6 Å². The van der Waals surface area contributed by atoms with E-state index in [-0.39, 0.29) is 11.0 Å². The second-order valence-corrected chi connectivity index (χ2v) is 5.06. The van der Waals surface area contributed by atoms with Crippen molar-refractivity contribution in [3.05, 3.63) is 64.1 Å². The fourth-order valence-corrected chi connectivity index (χ4v) is 2.24. The predicted molar refractivity (Wildman–Crippen MR) is 88.0 cm³/mol. The van der Waals surface area contributed by atoms with Crippen LogP contribution in [0.2, 0.25) is 0 Å². The Morgan fingerprint density at radius 1 is 1.17 bits per heavy atom. The molecular formula is C17H15N3O3. The summed E-state index contributed by atoms with van der Waals surface area (Å²) in [6.45, 7) is 1.84. The van der Waals surface area contributed by atoms with Crippen LogP contribution in [0.5, 0.6) is 5.75 Å². The molecule has 0 aliphatic rings. The first-order chi connectivity index (χ1) is 11.1. The lowest BCUT2D eigenvalue weighted by Gasteiger charge is -2.07. The monoisotopic (exact) mass is 309 g/mol. The molecule has 0 saturated carbocycles. The highest BCUT2D eigenvalue weighted by Gasteiger charge is 2.13. The summed E-state index contributed by atoms with van der Waals surface area (Å²) < 4.78 is 5.06. The number of hydrogen-bond donors (Lipinski definition) is 2. The van der Waals surface area contributed by atoms with Gasteiger partial charge in [-0.05, 0) is 43.3 Å². The van der Waals surface area contributed by atoms with Gasteiger partial charge in [0.25, 0.3) is 5.91 Å². The van der Waals surface area contributed by atoms with E-state index in [0.29, 0.717) is 22.5 Å². The highest BCUT2D eigenvalue weighted by molar-refractivity contribution is 6.05. The van der Waals surface area contributed by atoms with Crippen LogP contribution < -0.4 is 15.5 Å². The molecule has 0 bridgehead atoms. The van der Waals surface area contributed by atoms with Crippen molar-refractivity contribution in [1.29, 1.82) is 0 Å². The molecule has 0 spiro atoms. The number of pyridine rings is 2. The molecule has 0 aliphatic heterocycles. The van der Waals surface area contributed by atoms with E-state index in [1.54, 1.807) is 43.5 Å². The zero-order valence-electron chi connectivity index (χ0n) is 12.7. The number of aryl methyl sites for hydroxylation is 1. The van der Waals surface area contributed by atoms with E-state index in [4.69, 9.17) is 4.74 Å². The lowest BCUT2D eigenvalue weighted by Crippen LogP contribution is -2.22. The van der Waals surface area contributed by atoms with Gasteiger partial charge >= 0.3 is 0 Å². The number of rotatable bonds is 3. The Morgan fingerprint density at radius 2 is 1.91 bits per heavy atom. The summed E-state index contributed by atoms with van der Waals surface area (Å²) in [5.41, 5.74) is 1.54. The number of nitrogens with one attached hydrogen (secondary N) is 2. The Balaban J connectivity index is 1.92. The first-order valence-corrected chi connectivity index (χ1v) is 7.03. The number of anilines is 1. The average molecular weight is 309 g/mol. The molecule has 0 saturated heterocycles. The standard InChI is InChI=1S/C17H15N3O3/c1-10-3-8-13-15(21)14(9-18-16(13)19-10)17(22)20-11-4-6-12(23-2)7-5-11/h3-9H,1-2H3,(H,20,22)(H,18,19,21). The summed E-state index contributed by atoms with van der Waals surface area (Å²) >= 11 is 0. The maximum atomic E-state index is 12.4. The van der Waals surface area contributed by atoms with Crippen molar-refractivity contribution in [2.45, 2.75) is 6.92 Å². The number of H-pyrrole nitrogens is 1. The van der Waals surface area contributed by atoms with Crippen molar-refractivity contribution in [2.24, 2.45) is 0 Å².